The number of aldehydes is 1. The summed E-state index contributed by atoms with van der Waals surface area (Å²) in [4.78, 5) is 33.0. The summed E-state index contributed by atoms with van der Waals surface area (Å²) in [6.45, 7) is 0.737. The molecular weight excluding hydrogens is 373 g/mol. The van der Waals surface area contributed by atoms with Crippen LogP contribution in [0.1, 0.15) is 21.6 Å². The summed E-state index contributed by atoms with van der Waals surface area (Å²) in [7, 11) is -4.81. The maximum absolute atomic E-state index is 11.3. The van der Waals surface area contributed by atoms with Gasteiger partial charge in [0.15, 0.2) is 12.1 Å². The molecule has 1 aromatic carbocycles. The van der Waals surface area contributed by atoms with Gasteiger partial charge in [0.2, 0.25) is 0 Å². The number of phosphoric ester groups is 1. The molecule has 2 aromatic rings. The van der Waals surface area contributed by atoms with E-state index in [9.17, 15) is 14.5 Å². The van der Waals surface area contributed by atoms with Crippen LogP contribution in [-0.4, -0.2) is 26.2 Å². The highest BCUT2D eigenvalue weighted by Gasteiger charge is 2.21. The van der Waals surface area contributed by atoms with E-state index in [0.717, 1.165) is 0 Å². The number of aryl methyl sites for hydroxylation is 1. The first-order valence-electron chi connectivity index (χ1n) is 6.77. The molecule has 11 heteroatoms. The Kier molecular flexibility index (Phi) is 5.99. The van der Waals surface area contributed by atoms with Crippen LogP contribution in [-0.2, 0) is 15.7 Å². The standard InChI is InChI=1S/C14H13ClN3O6P/c1-8-13(20)9(6-19)10(7-24-25(21,22)23)14(16-8)18-17-12-5-3-2-4-11(12)15/h2-6,20H,7H2,1H3,(H2,21,22,23)/b18-17+. The molecule has 0 atom stereocenters. The van der Waals surface area contributed by atoms with Crippen molar-refractivity contribution in [1.29, 1.82) is 0 Å². The molecule has 0 saturated carbocycles. The van der Waals surface area contributed by atoms with Crippen LogP contribution in [0, 0.1) is 6.92 Å². The zero-order valence-electron chi connectivity index (χ0n) is 12.8. The average Bonchev–Trinajstić information content (AvgIpc) is 2.54. The molecule has 0 aliphatic rings. The number of aromatic nitrogens is 1. The Bertz CT molecular complexity index is 883. The van der Waals surface area contributed by atoms with Gasteiger partial charge in [0.25, 0.3) is 0 Å². The van der Waals surface area contributed by atoms with Crippen molar-refractivity contribution in [2.45, 2.75) is 13.5 Å². The van der Waals surface area contributed by atoms with Gasteiger partial charge in [-0.1, -0.05) is 23.7 Å². The van der Waals surface area contributed by atoms with Gasteiger partial charge in [-0.05, 0) is 19.1 Å². The Morgan fingerprint density at radius 2 is 2.00 bits per heavy atom. The van der Waals surface area contributed by atoms with E-state index in [1.807, 2.05) is 0 Å². The zero-order valence-corrected chi connectivity index (χ0v) is 14.5. The lowest BCUT2D eigenvalue weighted by atomic mass is 10.1. The van der Waals surface area contributed by atoms with Gasteiger partial charge in [0, 0.05) is 5.56 Å². The van der Waals surface area contributed by atoms with E-state index in [4.69, 9.17) is 21.4 Å². The van der Waals surface area contributed by atoms with E-state index in [1.54, 1.807) is 24.3 Å². The van der Waals surface area contributed by atoms with Gasteiger partial charge in [-0.3, -0.25) is 9.32 Å². The van der Waals surface area contributed by atoms with Crippen LogP contribution >= 0.6 is 19.4 Å². The minimum absolute atomic E-state index is 0.0927. The molecule has 25 heavy (non-hydrogen) atoms. The number of hydrogen-bond donors (Lipinski definition) is 3. The Morgan fingerprint density at radius 1 is 1.32 bits per heavy atom. The maximum Gasteiger partial charge on any atom is 0.469 e. The summed E-state index contributed by atoms with van der Waals surface area (Å²) in [6.07, 6.45) is 0.316. The van der Waals surface area contributed by atoms with Crippen LogP contribution < -0.4 is 0 Å². The highest BCUT2D eigenvalue weighted by atomic mass is 35.5. The number of pyridine rings is 1. The van der Waals surface area contributed by atoms with Crippen molar-refractivity contribution in [3.63, 3.8) is 0 Å². The molecule has 0 aliphatic carbocycles. The molecule has 9 nitrogen and oxygen atoms in total. The second-order valence-corrected chi connectivity index (χ2v) is 6.44. The first kappa shape index (κ1) is 19.2. The SMILES string of the molecule is Cc1nc(/N=N/c2ccccc2Cl)c(COP(=O)(O)O)c(C=O)c1O. The van der Waals surface area contributed by atoms with Crippen LogP contribution in [0.3, 0.4) is 0 Å². The summed E-state index contributed by atoms with van der Waals surface area (Å²) in [5.41, 5.74) is 0.0626. The number of phosphoric acid groups is 1. The first-order valence-corrected chi connectivity index (χ1v) is 8.67. The number of halogens is 1. The van der Waals surface area contributed by atoms with Crippen molar-refractivity contribution in [2.24, 2.45) is 10.2 Å². The molecule has 132 valence electrons. The molecule has 1 heterocycles. The van der Waals surface area contributed by atoms with Crippen LogP contribution in [0.2, 0.25) is 5.02 Å². The third kappa shape index (κ3) is 4.91. The predicted octanol–water partition coefficient (Wildman–Crippen LogP) is 3.59. The van der Waals surface area contributed by atoms with Gasteiger partial charge in [0.1, 0.15) is 11.4 Å². The van der Waals surface area contributed by atoms with Gasteiger partial charge >= 0.3 is 7.82 Å². The fourth-order valence-electron chi connectivity index (χ4n) is 1.87. The van der Waals surface area contributed by atoms with Crippen molar-refractivity contribution >= 4 is 37.2 Å². The fraction of sp³-hybridized carbons (Fsp3) is 0.143. The Balaban J connectivity index is 2.51. The number of aromatic hydroxyl groups is 1. The largest absolute Gasteiger partial charge is 0.505 e. The summed E-state index contributed by atoms with van der Waals surface area (Å²) in [5.74, 6) is -0.568. The molecular formula is C14H13ClN3O6P. The molecule has 0 saturated heterocycles. The normalized spacial score (nSPS) is 11.8. The topological polar surface area (TPSA) is 142 Å². The molecule has 0 spiro atoms. The second-order valence-electron chi connectivity index (χ2n) is 4.79. The van der Waals surface area contributed by atoms with E-state index in [2.05, 4.69) is 19.7 Å². The van der Waals surface area contributed by atoms with Crippen molar-refractivity contribution in [3.8, 4) is 5.75 Å². The van der Waals surface area contributed by atoms with E-state index >= 15 is 0 Å². The van der Waals surface area contributed by atoms with E-state index in [0.29, 0.717) is 17.0 Å². The number of azo groups is 1. The Hall–Kier alpha value is -2.16. The molecule has 1 aromatic heterocycles. The lowest BCUT2D eigenvalue weighted by molar-refractivity contribution is 0.111. The third-order valence-corrected chi connectivity index (χ3v) is 3.85. The lowest BCUT2D eigenvalue weighted by Crippen LogP contribution is -2.01. The van der Waals surface area contributed by atoms with E-state index in [1.165, 1.54) is 6.92 Å². The number of hydrogen-bond acceptors (Lipinski definition) is 7. The lowest BCUT2D eigenvalue weighted by Gasteiger charge is -2.12. The van der Waals surface area contributed by atoms with Crippen LogP contribution in [0.5, 0.6) is 5.75 Å². The summed E-state index contributed by atoms with van der Waals surface area (Å²) in [6, 6.07) is 6.57. The average molecular weight is 386 g/mol. The highest BCUT2D eigenvalue weighted by molar-refractivity contribution is 7.46. The van der Waals surface area contributed by atoms with Crippen molar-refractivity contribution in [1.82, 2.24) is 4.98 Å². The zero-order chi connectivity index (χ0) is 18.6. The van der Waals surface area contributed by atoms with Gasteiger partial charge in [-0.25, -0.2) is 9.55 Å². The predicted molar refractivity (Wildman–Crippen MR) is 88.5 cm³/mol. The maximum atomic E-state index is 11.3. The molecule has 0 aliphatic heterocycles. The highest BCUT2D eigenvalue weighted by Crippen LogP contribution is 2.40. The quantitative estimate of drug-likeness (QED) is 0.392. The molecule has 0 bridgehead atoms. The minimum Gasteiger partial charge on any atom is -0.505 e. The number of carbonyl (C=O) groups is 1. The molecule has 0 radical (unpaired) electrons. The van der Waals surface area contributed by atoms with Gasteiger partial charge in [-0.2, -0.15) is 0 Å². The number of carbonyl (C=O) groups excluding carboxylic acids is 1. The Labute approximate surface area is 147 Å². The van der Waals surface area contributed by atoms with Crippen LogP contribution in [0.4, 0.5) is 11.5 Å². The number of benzene rings is 1. The van der Waals surface area contributed by atoms with E-state index in [-0.39, 0.29) is 22.6 Å². The molecule has 0 amide bonds. The number of nitrogens with zero attached hydrogens (tertiary/aromatic N) is 3. The summed E-state index contributed by atoms with van der Waals surface area (Å²) >= 11 is 5.97. The second kappa shape index (κ2) is 7.81. The van der Waals surface area contributed by atoms with Crippen molar-refractivity contribution in [2.75, 3.05) is 0 Å². The fourth-order valence-corrected chi connectivity index (χ4v) is 2.34. The molecule has 2 rings (SSSR count). The van der Waals surface area contributed by atoms with Crippen LogP contribution in [0.15, 0.2) is 34.5 Å². The third-order valence-electron chi connectivity index (χ3n) is 3.07. The van der Waals surface area contributed by atoms with Crippen molar-refractivity contribution < 1.29 is 28.8 Å². The van der Waals surface area contributed by atoms with Gasteiger partial charge < -0.3 is 14.9 Å². The molecule has 0 unspecified atom stereocenters. The summed E-state index contributed by atoms with van der Waals surface area (Å²) in [5, 5.41) is 18.0. The first-order chi connectivity index (χ1) is 11.7. The molecule has 3 N–H and O–H groups in total. The molecule has 0 fully saturated rings. The van der Waals surface area contributed by atoms with Gasteiger partial charge in [0.05, 0.1) is 22.9 Å². The minimum atomic E-state index is -4.81. The number of rotatable bonds is 6. The smallest absolute Gasteiger partial charge is 0.469 e. The van der Waals surface area contributed by atoms with E-state index < -0.39 is 20.2 Å². The van der Waals surface area contributed by atoms with Crippen LogP contribution in [0.25, 0.3) is 0 Å². The monoisotopic (exact) mass is 385 g/mol. The summed E-state index contributed by atoms with van der Waals surface area (Å²) < 4.78 is 15.3. The van der Waals surface area contributed by atoms with Gasteiger partial charge in [-0.15, -0.1) is 10.2 Å². The van der Waals surface area contributed by atoms with Crippen molar-refractivity contribution in [3.05, 3.63) is 46.1 Å². The Morgan fingerprint density at radius 3 is 2.60 bits per heavy atom.